The highest BCUT2D eigenvalue weighted by molar-refractivity contribution is 6.30. The van der Waals surface area contributed by atoms with E-state index >= 15 is 0 Å². The Morgan fingerprint density at radius 1 is 1.00 bits per heavy atom. The van der Waals surface area contributed by atoms with E-state index in [2.05, 4.69) is 36.7 Å². The maximum atomic E-state index is 12.4. The lowest BCUT2D eigenvalue weighted by Gasteiger charge is -2.35. The molecule has 2 aliphatic carbocycles. The minimum absolute atomic E-state index is 0.288. The van der Waals surface area contributed by atoms with Gasteiger partial charge in [0.2, 0.25) is 11.9 Å². The third-order valence-corrected chi connectivity index (χ3v) is 6.81. The van der Waals surface area contributed by atoms with Crippen LogP contribution in [0.25, 0.3) is 5.69 Å². The van der Waals surface area contributed by atoms with Gasteiger partial charge in [-0.15, -0.1) is 10.2 Å². The maximum absolute atomic E-state index is 12.4. The number of anilines is 1. The summed E-state index contributed by atoms with van der Waals surface area (Å²) in [4.78, 5) is 19.2. The fourth-order valence-electron chi connectivity index (χ4n) is 4.63. The standard InChI is InChI=1S/C21H25ClN6O/c22-16-3-6-18-15(11-16)12-27(17-4-5-17)13-19-23-24-21(28(18)19)26-9-7-25(8-10-26)20(29)14-1-2-14/h3,6,11,14,17H,1-2,4-5,7-10,12-13H2. The van der Waals surface area contributed by atoms with E-state index in [0.29, 0.717) is 11.9 Å². The predicted octanol–water partition coefficient (Wildman–Crippen LogP) is 2.46. The summed E-state index contributed by atoms with van der Waals surface area (Å²) in [6.45, 7) is 4.83. The highest BCUT2D eigenvalue weighted by Gasteiger charge is 2.37. The lowest BCUT2D eigenvalue weighted by molar-refractivity contribution is -0.132. The van der Waals surface area contributed by atoms with E-state index < -0.39 is 0 Å². The Kier molecular flexibility index (Phi) is 4.10. The number of carbonyl (C=O) groups is 1. The minimum atomic E-state index is 0.288. The fourth-order valence-corrected chi connectivity index (χ4v) is 4.82. The van der Waals surface area contributed by atoms with Gasteiger partial charge in [-0.05, 0) is 49.4 Å². The normalized spacial score (nSPS) is 22.2. The first-order valence-electron chi connectivity index (χ1n) is 10.7. The first kappa shape index (κ1) is 17.7. The number of benzene rings is 1. The molecule has 29 heavy (non-hydrogen) atoms. The van der Waals surface area contributed by atoms with Gasteiger partial charge in [0.15, 0.2) is 5.82 Å². The van der Waals surface area contributed by atoms with E-state index in [1.165, 1.54) is 18.4 Å². The molecule has 0 radical (unpaired) electrons. The topological polar surface area (TPSA) is 57.5 Å². The molecule has 0 N–H and O–H groups in total. The Balaban J connectivity index is 1.32. The number of amides is 1. The molecule has 0 atom stereocenters. The number of piperazine rings is 1. The molecule has 1 aromatic carbocycles. The minimum Gasteiger partial charge on any atom is -0.339 e. The average molecular weight is 413 g/mol. The summed E-state index contributed by atoms with van der Waals surface area (Å²) in [7, 11) is 0. The Labute approximate surface area is 175 Å². The second-order valence-corrected chi connectivity index (χ2v) is 9.18. The van der Waals surface area contributed by atoms with E-state index in [-0.39, 0.29) is 5.92 Å². The summed E-state index contributed by atoms with van der Waals surface area (Å²) in [5.74, 6) is 2.50. The molecule has 2 aliphatic heterocycles. The Hall–Kier alpha value is -2.12. The van der Waals surface area contributed by atoms with Crippen LogP contribution in [0.5, 0.6) is 0 Å². The van der Waals surface area contributed by atoms with Crippen LogP contribution >= 0.6 is 11.6 Å². The molecule has 1 amide bonds. The number of hydrogen-bond donors (Lipinski definition) is 0. The van der Waals surface area contributed by atoms with Gasteiger partial charge in [0.05, 0.1) is 12.2 Å². The smallest absolute Gasteiger partial charge is 0.232 e. The number of fused-ring (bicyclic) bond motifs is 3. The van der Waals surface area contributed by atoms with E-state index in [0.717, 1.165) is 74.6 Å². The van der Waals surface area contributed by atoms with E-state index in [1.54, 1.807) is 0 Å². The molecular weight excluding hydrogens is 388 g/mol. The number of carbonyl (C=O) groups excluding carboxylic acids is 1. The quantitative estimate of drug-likeness (QED) is 0.775. The molecule has 3 fully saturated rings. The number of aromatic nitrogens is 3. The molecule has 6 rings (SSSR count). The van der Waals surface area contributed by atoms with Crippen LogP contribution in [-0.4, -0.2) is 62.7 Å². The Morgan fingerprint density at radius 2 is 1.79 bits per heavy atom. The zero-order valence-corrected chi connectivity index (χ0v) is 17.2. The maximum Gasteiger partial charge on any atom is 0.232 e. The third kappa shape index (κ3) is 3.20. The molecule has 3 heterocycles. The Bertz CT molecular complexity index is 958. The highest BCUT2D eigenvalue weighted by atomic mass is 35.5. The van der Waals surface area contributed by atoms with Crippen molar-refractivity contribution in [3.8, 4) is 5.69 Å². The van der Waals surface area contributed by atoms with Gasteiger partial charge in [0.1, 0.15) is 0 Å². The molecule has 7 nitrogen and oxygen atoms in total. The van der Waals surface area contributed by atoms with Crippen LogP contribution in [0, 0.1) is 5.92 Å². The van der Waals surface area contributed by atoms with Gasteiger partial charge in [-0.2, -0.15) is 0 Å². The lowest BCUT2D eigenvalue weighted by atomic mass is 10.1. The third-order valence-electron chi connectivity index (χ3n) is 6.58. The first-order chi connectivity index (χ1) is 14.2. The predicted molar refractivity (Wildman–Crippen MR) is 110 cm³/mol. The van der Waals surface area contributed by atoms with Crippen LogP contribution < -0.4 is 4.90 Å². The fraction of sp³-hybridized carbons (Fsp3) is 0.571. The molecule has 0 spiro atoms. The lowest BCUT2D eigenvalue weighted by Crippen LogP contribution is -2.50. The van der Waals surface area contributed by atoms with Crippen LogP contribution in [0.2, 0.25) is 5.02 Å². The van der Waals surface area contributed by atoms with Gasteiger partial charge in [0, 0.05) is 49.7 Å². The summed E-state index contributed by atoms with van der Waals surface area (Å²) in [6, 6.07) is 6.77. The second-order valence-electron chi connectivity index (χ2n) is 8.75. The summed E-state index contributed by atoms with van der Waals surface area (Å²) in [5, 5.41) is 9.94. The van der Waals surface area contributed by atoms with Crippen LogP contribution in [0.1, 0.15) is 37.1 Å². The van der Waals surface area contributed by atoms with Crippen LogP contribution in [0.15, 0.2) is 18.2 Å². The van der Waals surface area contributed by atoms with Crippen molar-refractivity contribution in [1.29, 1.82) is 0 Å². The molecule has 2 saturated carbocycles. The molecule has 2 aromatic rings. The molecule has 1 saturated heterocycles. The van der Waals surface area contributed by atoms with Crippen molar-refractivity contribution in [1.82, 2.24) is 24.6 Å². The molecule has 0 unspecified atom stereocenters. The number of halogens is 1. The van der Waals surface area contributed by atoms with Crippen molar-refractivity contribution in [3.05, 3.63) is 34.6 Å². The summed E-state index contributed by atoms with van der Waals surface area (Å²) in [5.41, 5.74) is 2.36. The van der Waals surface area contributed by atoms with Gasteiger partial charge in [-0.3, -0.25) is 14.3 Å². The van der Waals surface area contributed by atoms with Crippen molar-refractivity contribution in [2.45, 2.75) is 44.8 Å². The van der Waals surface area contributed by atoms with Crippen molar-refractivity contribution in [3.63, 3.8) is 0 Å². The van der Waals surface area contributed by atoms with E-state index in [1.807, 2.05) is 11.0 Å². The summed E-state index contributed by atoms with van der Waals surface area (Å²) < 4.78 is 2.21. The van der Waals surface area contributed by atoms with Gasteiger partial charge in [0.25, 0.3) is 0 Å². The van der Waals surface area contributed by atoms with Crippen LogP contribution in [0.4, 0.5) is 5.95 Å². The summed E-state index contributed by atoms with van der Waals surface area (Å²) >= 11 is 6.33. The monoisotopic (exact) mass is 412 g/mol. The van der Waals surface area contributed by atoms with E-state index in [4.69, 9.17) is 11.6 Å². The number of rotatable bonds is 3. The van der Waals surface area contributed by atoms with E-state index in [9.17, 15) is 4.79 Å². The number of hydrogen-bond acceptors (Lipinski definition) is 5. The van der Waals surface area contributed by atoms with Gasteiger partial charge < -0.3 is 9.80 Å². The van der Waals surface area contributed by atoms with Gasteiger partial charge in [-0.1, -0.05) is 11.6 Å². The molecule has 0 bridgehead atoms. The number of nitrogens with zero attached hydrogens (tertiary/aromatic N) is 6. The van der Waals surface area contributed by atoms with Gasteiger partial charge in [-0.25, -0.2) is 0 Å². The molecule has 152 valence electrons. The molecule has 8 heteroatoms. The summed E-state index contributed by atoms with van der Waals surface area (Å²) in [6.07, 6.45) is 4.64. The van der Waals surface area contributed by atoms with Gasteiger partial charge >= 0.3 is 0 Å². The highest BCUT2D eigenvalue weighted by Crippen LogP contribution is 2.36. The first-order valence-corrected chi connectivity index (χ1v) is 11.1. The zero-order chi connectivity index (χ0) is 19.5. The molecule has 1 aromatic heterocycles. The van der Waals surface area contributed by atoms with Crippen molar-refractivity contribution < 1.29 is 4.79 Å². The van der Waals surface area contributed by atoms with Crippen molar-refractivity contribution in [2.24, 2.45) is 5.92 Å². The Morgan fingerprint density at radius 3 is 2.52 bits per heavy atom. The molecular formula is C21H25ClN6O. The van der Waals surface area contributed by atoms with Crippen molar-refractivity contribution in [2.75, 3.05) is 31.1 Å². The average Bonchev–Trinajstić information content (AvgIpc) is 3.63. The SMILES string of the molecule is O=C(C1CC1)N1CCN(c2nnc3n2-c2ccc(Cl)cc2CN(C2CC2)C3)CC1. The second kappa shape index (κ2) is 6.71. The molecule has 4 aliphatic rings. The van der Waals surface area contributed by atoms with Crippen LogP contribution in [0.3, 0.4) is 0 Å². The van der Waals surface area contributed by atoms with Crippen molar-refractivity contribution >= 4 is 23.5 Å². The van der Waals surface area contributed by atoms with Crippen LogP contribution in [-0.2, 0) is 17.9 Å². The largest absolute Gasteiger partial charge is 0.339 e. The zero-order valence-electron chi connectivity index (χ0n) is 16.4.